The number of aromatic nitrogens is 1. The first-order valence-electron chi connectivity index (χ1n) is 7.00. The first-order chi connectivity index (χ1) is 11.0. The molecule has 0 aliphatic carbocycles. The lowest BCUT2D eigenvalue weighted by atomic mass is 10.1. The van der Waals surface area contributed by atoms with Crippen LogP contribution in [0.15, 0.2) is 46.9 Å². The molecule has 0 spiro atoms. The van der Waals surface area contributed by atoms with Crippen LogP contribution in [-0.4, -0.2) is 17.2 Å². The van der Waals surface area contributed by atoms with E-state index in [-0.39, 0.29) is 0 Å². The standard InChI is InChI=1S/C16H12F3NO.CH4O/c1-2-10-4-3-5-13-14(10)21-15(20-13)11-6-8-12(9-7-11)16(17,18)19;1-2/h3-9H,2H2,1H3;2H,1H3. The fraction of sp³-hybridized carbons (Fsp3) is 0.235. The number of fused-ring (bicyclic) bond motifs is 1. The predicted molar refractivity (Wildman–Crippen MR) is 82.0 cm³/mol. The molecule has 0 aliphatic heterocycles. The Morgan fingerprint density at radius 3 is 2.26 bits per heavy atom. The Kier molecular flexibility index (Phi) is 5.05. The Bertz CT molecular complexity index is 777. The lowest BCUT2D eigenvalue weighted by Crippen LogP contribution is -2.03. The van der Waals surface area contributed by atoms with Crippen molar-refractivity contribution in [2.24, 2.45) is 0 Å². The summed E-state index contributed by atoms with van der Waals surface area (Å²) in [7, 11) is 1.00. The normalized spacial score (nSPS) is 11.2. The number of rotatable bonds is 2. The summed E-state index contributed by atoms with van der Waals surface area (Å²) in [6.07, 6.45) is -3.53. The molecule has 2 aromatic carbocycles. The SMILES string of the molecule is CCc1cccc2nc(-c3ccc(C(F)(F)F)cc3)oc12.CO. The number of halogens is 3. The van der Waals surface area contributed by atoms with Crippen LogP contribution in [0.2, 0.25) is 0 Å². The van der Waals surface area contributed by atoms with Gasteiger partial charge in [-0.2, -0.15) is 13.2 Å². The molecule has 3 nitrogen and oxygen atoms in total. The second-order valence-electron chi connectivity index (χ2n) is 4.71. The molecule has 0 saturated heterocycles. The van der Waals surface area contributed by atoms with E-state index in [1.165, 1.54) is 12.1 Å². The minimum atomic E-state index is -4.34. The quantitative estimate of drug-likeness (QED) is 0.744. The van der Waals surface area contributed by atoms with Gasteiger partial charge in [0, 0.05) is 12.7 Å². The van der Waals surface area contributed by atoms with Crippen LogP contribution in [0.5, 0.6) is 0 Å². The van der Waals surface area contributed by atoms with E-state index in [1.54, 1.807) is 0 Å². The van der Waals surface area contributed by atoms with Crippen LogP contribution in [0.25, 0.3) is 22.6 Å². The second kappa shape index (κ2) is 6.83. The van der Waals surface area contributed by atoms with Crippen LogP contribution in [0.4, 0.5) is 13.2 Å². The summed E-state index contributed by atoms with van der Waals surface area (Å²) in [6, 6.07) is 10.5. The van der Waals surface area contributed by atoms with Gasteiger partial charge in [-0.25, -0.2) is 4.98 Å². The van der Waals surface area contributed by atoms with Gasteiger partial charge in [-0.05, 0) is 42.3 Å². The van der Waals surface area contributed by atoms with Crippen LogP contribution in [0, 0.1) is 0 Å². The van der Waals surface area contributed by atoms with Gasteiger partial charge in [-0.3, -0.25) is 0 Å². The highest BCUT2D eigenvalue weighted by Gasteiger charge is 2.30. The van der Waals surface area contributed by atoms with E-state index in [0.717, 1.165) is 31.2 Å². The van der Waals surface area contributed by atoms with Crippen molar-refractivity contribution in [2.45, 2.75) is 19.5 Å². The van der Waals surface area contributed by atoms with E-state index in [1.807, 2.05) is 25.1 Å². The summed E-state index contributed by atoms with van der Waals surface area (Å²) in [5.41, 5.74) is 2.27. The van der Waals surface area contributed by atoms with Crippen molar-refractivity contribution in [1.82, 2.24) is 4.98 Å². The molecule has 1 N–H and O–H groups in total. The summed E-state index contributed by atoms with van der Waals surface area (Å²) in [6.45, 7) is 2.01. The number of aliphatic hydroxyl groups excluding tert-OH is 1. The van der Waals surface area contributed by atoms with E-state index >= 15 is 0 Å². The van der Waals surface area contributed by atoms with Crippen molar-refractivity contribution in [3.63, 3.8) is 0 Å². The molecule has 23 heavy (non-hydrogen) atoms. The molecule has 1 heterocycles. The van der Waals surface area contributed by atoms with Gasteiger partial charge in [0.1, 0.15) is 5.52 Å². The maximum atomic E-state index is 12.5. The van der Waals surface area contributed by atoms with Crippen LogP contribution < -0.4 is 0 Å². The van der Waals surface area contributed by atoms with Gasteiger partial charge < -0.3 is 9.52 Å². The molecule has 3 rings (SSSR count). The highest BCUT2D eigenvalue weighted by molar-refractivity contribution is 5.79. The second-order valence-corrected chi connectivity index (χ2v) is 4.71. The van der Waals surface area contributed by atoms with E-state index < -0.39 is 11.7 Å². The molecule has 0 fully saturated rings. The molecule has 0 unspecified atom stereocenters. The predicted octanol–water partition coefficient (Wildman–Crippen LogP) is 4.68. The van der Waals surface area contributed by atoms with E-state index in [9.17, 15) is 13.2 Å². The monoisotopic (exact) mass is 323 g/mol. The van der Waals surface area contributed by atoms with Crippen LogP contribution in [0.1, 0.15) is 18.1 Å². The minimum absolute atomic E-state index is 0.333. The van der Waals surface area contributed by atoms with Gasteiger partial charge in [0.25, 0.3) is 0 Å². The van der Waals surface area contributed by atoms with Crippen LogP contribution >= 0.6 is 0 Å². The number of alkyl halides is 3. The third-order valence-electron chi connectivity index (χ3n) is 3.34. The molecular weight excluding hydrogens is 307 g/mol. The van der Waals surface area contributed by atoms with Crippen LogP contribution in [-0.2, 0) is 12.6 Å². The largest absolute Gasteiger partial charge is 0.436 e. The zero-order valence-electron chi connectivity index (χ0n) is 12.7. The molecule has 0 radical (unpaired) electrons. The Morgan fingerprint density at radius 2 is 1.70 bits per heavy atom. The maximum absolute atomic E-state index is 12.5. The average Bonchev–Trinajstić information content (AvgIpc) is 3.00. The van der Waals surface area contributed by atoms with Gasteiger partial charge in [-0.1, -0.05) is 19.1 Å². The topological polar surface area (TPSA) is 46.3 Å². The first kappa shape index (κ1) is 17.0. The van der Waals surface area contributed by atoms with Crippen LogP contribution in [0.3, 0.4) is 0 Å². The van der Waals surface area contributed by atoms with Crippen molar-refractivity contribution < 1.29 is 22.7 Å². The molecule has 0 amide bonds. The van der Waals surface area contributed by atoms with Gasteiger partial charge in [0.2, 0.25) is 5.89 Å². The van der Waals surface area contributed by atoms with E-state index in [0.29, 0.717) is 22.6 Å². The lowest BCUT2D eigenvalue weighted by Gasteiger charge is -2.06. The smallest absolute Gasteiger partial charge is 0.416 e. The number of hydrogen-bond acceptors (Lipinski definition) is 3. The van der Waals surface area contributed by atoms with Crippen molar-refractivity contribution in [3.05, 3.63) is 53.6 Å². The third kappa shape index (κ3) is 3.53. The molecular formula is C17H16F3NO2. The lowest BCUT2D eigenvalue weighted by molar-refractivity contribution is -0.137. The van der Waals surface area contributed by atoms with Crippen molar-refractivity contribution in [2.75, 3.05) is 7.11 Å². The Morgan fingerprint density at radius 1 is 1.04 bits per heavy atom. The van der Waals surface area contributed by atoms with E-state index in [2.05, 4.69) is 4.98 Å². The summed E-state index contributed by atoms with van der Waals surface area (Å²) in [5, 5.41) is 7.00. The molecule has 1 aromatic heterocycles. The highest BCUT2D eigenvalue weighted by atomic mass is 19.4. The molecule has 122 valence electrons. The number of benzene rings is 2. The number of nitrogens with zero attached hydrogens (tertiary/aromatic N) is 1. The molecule has 0 bridgehead atoms. The van der Waals surface area contributed by atoms with Gasteiger partial charge in [-0.15, -0.1) is 0 Å². The molecule has 0 saturated carbocycles. The number of oxazole rings is 1. The minimum Gasteiger partial charge on any atom is -0.436 e. The zero-order chi connectivity index (χ0) is 17.0. The Hall–Kier alpha value is -2.34. The third-order valence-corrected chi connectivity index (χ3v) is 3.34. The van der Waals surface area contributed by atoms with Crippen molar-refractivity contribution in [1.29, 1.82) is 0 Å². The molecule has 0 atom stereocenters. The van der Waals surface area contributed by atoms with Crippen molar-refractivity contribution >= 4 is 11.1 Å². The number of para-hydroxylation sites is 1. The average molecular weight is 323 g/mol. The van der Waals surface area contributed by atoms with Gasteiger partial charge in [0.05, 0.1) is 5.56 Å². The molecule has 3 aromatic rings. The fourth-order valence-electron chi connectivity index (χ4n) is 2.21. The number of hydrogen-bond donors (Lipinski definition) is 1. The fourth-order valence-corrected chi connectivity index (χ4v) is 2.21. The van der Waals surface area contributed by atoms with Gasteiger partial charge >= 0.3 is 6.18 Å². The maximum Gasteiger partial charge on any atom is 0.416 e. The Labute approximate surface area is 131 Å². The zero-order valence-corrected chi connectivity index (χ0v) is 12.7. The van der Waals surface area contributed by atoms with Crippen molar-refractivity contribution in [3.8, 4) is 11.5 Å². The summed E-state index contributed by atoms with van der Waals surface area (Å²) < 4.78 is 43.4. The summed E-state index contributed by atoms with van der Waals surface area (Å²) in [5.74, 6) is 0.333. The highest BCUT2D eigenvalue weighted by Crippen LogP contribution is 2.32. The molecule has 6 heteroatoms. The summed E-state index contributed by atoms with van der Waals surface area (Å²) >= 11 is 0. The summed E-state index contributed by atoms with van der Waals surface area (Å²) in [4.78, 5) is 4.34. The van der Waals surface area contributed by atoms with E-state index in [4.69, 9.17) is 9.52 Å². The molecule has 0 aliphatic rings. The number of aryl methyl sites for hydroxylation is 1. The number of aliphatic hydroxyl groups is 1. The Balaban J connectivity index is 0.000000924. The van der Waals surface area contributed by atoms with Gasteiger partial charge in [0.15, 0.2) is 5.58 Å². The first-order valence-corrected chi connectivity index (χ1v) is 7.00.